The molecule has 1 aliphatic rings. The minimum absolute atomic E-state index is 0.497. The summed E-state index contributed by atoms with van der Waals surface area (Å²) >= 11 is 1.69. The Bertz CT molecular complexity index is 1070. The van der Waals surface area contributed by atoms with E-state index >= 15 is 0 Å². The summed E-state index contributed by atoms with van der Waals surface area (Å²) in [5.41, 5.74) is 3.57. The van der Waals surface area contributed by atoms with Crippen LogP contribution in [0.1, 0.15) is 18.7 Å². The van der Waals surface area contributed by atoms with E-state index in [4.69, 9.17) is 0 Å². The maximum absolute atomic E-state index is 12.6. The molecule has 0 spiro atoms. The van der Waals surface area contributed by atoms with Crippen molar-refractivity contribution in [3.63, 3.8) is 0 Å². The van der Waals surface area contributed by atoms with Gasteiger partial charge >= 0.3 is 0 Å². The fourth-order valence-electron chi connectivity index (χ4n) is 3.61. The number of aromatic nitrogens is 2. The second kappa shape index (κ2) is 10.2. The summed E-state index contributed by atoms with van der Waals surface area (Å²) in [6.07, 6.45) is 7.45. The van der Waals surface area contributed by atoms with E-state index < -0.39 is 10.0 Å². The topological polar surface area (TPSA) is 66.4 Å². The van der Waals surface area contributed by atoms with Gasteiger partial charge in [-0.25, -0.2) is 18.4 Å². The zero-order valence-corrected chi connectivity index (χ0v) is 18.9. The van der Waals surface area contributed by atoms with E-state index in [0.29, 0.717) is 32.6 Å². The molecular weight excluding hydrogens is 428 g/mol. The van der Waals surface area contributed by atoms with Crippen LogP contribution in [-0.2, 0) is 16.4 Å². The zero-order valence-electron chi connectivity index (χ0n) is 17.3. The highest BCUT2D eigenvalue weighted by Crippen LogP contribution is 2.26. The molecule has 0 atom stereocenters. The van der Waals surface area contributed by atoms with E-state index in [1.165, 1.54) is 16.5 Å². The van der Waals surface area contributed by atoms with Gasteiger partial charge in [0.1, 0.15) is 5.82 Å². The van der Waals surface area contributed by atoms with Crippen molar-refractivity contribution in [3.05, 3.63) is 76.9 Å². The van der Waals surface area contributed by atoms with Gasteiger partial charge in [0.15, 0.2) is 0 Å². The lowest BCUT2D eigenvalue weighted by Crippen LogP contribution is -2.48. The number of hydrogen-bond donors (Lipinski definition) is 0. The standard InChI is InChI=1S/C23H26N4O2S2/c28-31(29,18-3-1-2-5-23-24-11-4-12-25-23)27-15-13-26(14-16-27)22-8-6-20(7-9-22)21-10-17-30-19-21/h3-4,6-12,17-19H,1-2,5,13-16H2/b18-3+. The van der Waals surface area contributed by atoms with Crippen LogP contribution in [0.4, 0.5) is 5.69 Å². The second-order valence-electron chi connectivity index (χ2n) is 7.42. The molecule has 3 aromatic rings. The average molecular weight is 455 g/mol. The van der Waals surface area contributed by atoms with Gasteiger partial charge in [-0.2, -0.15) is 15.6 Å². The number of thiophene rings is 1. The maximum Gasteiger partial charge on any atom is 0.236 e. The molecule has 0 aliphatic carbocycles. The zero-order chi connectivity index (χ0) is 21.5. The van der Waals surface area contributed by atoms with Crippen molar-refractivity contribution >= 4 is 27.0 Å². The fourth-order valence-corrected chi connectivity index (χ4v) is 5.50. The summed E-state index contributed by atoms with van der Waals surface area (Å²) in [5, 5.41) is 5.57. The normalized spacial score (nSPS) is 15.5. The molecule has 1 saturated heterocycles. The highest BCUT2D eigenvalue weighted by atomic mass is 32.2. The minimum Gasteiger partial charge on any atom is -0.369 e. The van der Waals surface area contributed by atoms with E-state index in [2.05, 4.69) is 56.0 Å². The number of aryl methyl sites for hydroxylation is 1. The Morgan fingerprint density at radius 1 is 0.968 bits per heavy atom. The van der Waals surface area contributed by atoms with Crippen LogP contribution >= 0.6 is 11.3 Å². The van der Waals surface area contributed by atoms with Gasteiger partial charge in [0.2, 0.25) is 10.0 Å². The minimum atomic E-state index is -3.37. The van der Waals surface area contributed by atoms with Crippen LogP contribution in [-0.4, -0.2) is 48.9 Å². The van der Waals surface area contributed by atoms with Crippen molar-refractivity contribution in [2.24, 2.45) is 0 Å². The Morgan fingerprint density at radius 3 is 2.39 bits per heavy atom. The molecular formula is C23H26N4O2S2. The Labute approximate surface area is 187 Å². The summed E-state index contributed by atoms with van der Waals surface area (Å²) in [5.74, 6) is 0.790. The Hall–Kier alpha value is -2.55. The third-order valence-corrected chi connectivity index (χ3v) is 7.65. The molecule has 0 saturated carbocycles. The fraction of sp³-hybridized carbons (Fsp3) is 0.304. The second-order valence-corrected chi connectivity index (χ2v) is 10.0. The average Bonchev–Trinajstić information content (AvgIpc) is 3.35. The first-order valence-corrected chi connectivity index (χ1v) is 12.9. The van der Waals surface area contributed by atoms with Gasteiger partial charge in [0, 0.05) is 56.1 Å². The molecule has 0 bridgehead atoms. The highest BCUT2D eigenvalue weighted by molar-refractivity contribution is 7.92. The molecule has 31 heavy (non-hydrogen) atoms. The number of unbranched alkanes of at least 4 members (excludes halogenated alkanes) is 1. The first-order valence-electron chi connectivity index (χ1n) is 10.4. The molecule has 8 heteroatoms. The molecule has 0 N–H and O–H groups in total. The van der Waals surface area contributed by atoms with Crippen LogP contribution in [0.2, 0.25) is 0 Å². The van der Waals surface area contributed by atoms with E-state index in [9.17, 15) is 8.42 Å². The Morgan fingerprint density at radius 2 is 1.71 bits per heavy atom. The third-order valence-electron chi connectivity index (χ3n) is 5.34. The number of allylic oxidation sites excluding steroid dienone is 1. The summed E-state index contributed by atoms with van der Waals surface area (Å²) in [7, 11) is -3.37. The van der Waals surface area contributed by atoms with Gasteiger partial charge in [-0.15, -0.1) is 0 Å². The summed E-state index contributed by atoms with van der Waals surface area (Å²) in [4.78, 5) is 10.6. The van der Waals surface area contributed by atoms with Crippen LogP contribution in [0.15, 0.2) is 71.0 Å². The first-order chi connectivity index (χ1) is 15.1. The van der Waals surface area contributed by atoms with E-state index in [-0.39, 0.29) is 0 Å². The van der Waals surface area contributed by atoms with Crippen molar-refractivity contribution < 1.29 is 8.42 Å². The number of piperazine rings is 1. The third kappa shape index (κ3) is 5.78. The highest BCUT2D eigenvalue weighted by Gasteiger charge is 2.25. The quantitative estimate of drug-likeness (QED) is 0.478. The molecule has 0 amide bonds. The molecule has 4 rings (SSSR count). The molecule has 2 aromatic heterocycles. The molecule has 3 heterocycles. The van der Waals surface area contributed by atoms with Gasteiger partial charge in [-0.1, -0.05) is 18.2 Å². The number of rotatable bonds is 8. The van der Waals surface area contributed by atoms with Crippen molar-refractivity contribution in [2.75, 3.05) is 31.1 Å². The predicted octanol–water partition coefficient (Wildman–Crippen LogP) is 4.19. The summed E-state index contributed by atoms with van der Waals surface area (Å²) in [6.45, 7) is 2.38. The molecule has 0 unspecified atom stereocenters. The molecule has 6 nitrogen and oxygen atoms in total. The monoisotopic (exact) mass is 454 g/mol. The first kappa shape index (κ1) is 21.7. The molecule has 162 valence electrons. The Kier molecular flexibility index (Phi) is 7.11. The SMILES string of the molecule is O=S(=O)(/C=C/CCCc1ncccn1)N1CCN(c2ccc(-c3ccsc3)cc2)CC1. The number of benzene rings is 1. The summed E-state index contributed by atoms with van der Waals surface area (Å²) in [6, 6.07) is 12.4. The lowest BCUT2D eigenvalue weighted by molar-refractivity contribution is 0.390. The van der Waals surface area contributed by atoms with E-state index in [1.807, 2.05) is 0 Å². The van der Waals surface area contributed by atoms with Crippen LogP contribution < -0.4 is 4.90 Å². The van der Waals surface area contributed by atoms with Crippen molar-refractivity contribution in [1.82, 2.24) is 14.3 Å². The van der Waals surface area contributed by atoms with Crippen LogP contribution in [0.25, 0.3) is 11.1 Å². The van der Waals surface area contributed by atoms with Crippen molar-refractivity contribution in [3.8, 4) is 11.1 Å². The Balaban J connectivity index is 1.25. The van der Waals surface area contributed by atoms with Gasteiger partial charge in [0.05, 0.1) is 0 Å². The number of sulfonamides is 1. The van der Waals surface area contributed by atoms with Crippen LogP contribution in [0.3, 0.4) is 0 Å². The van der Waals surface area contributed by atoms with Gasteiger partial charge < -0.3 is 4.90 Å². The number of nitrogens with zero attached hydrogens (tertiary/aromatic N) is 4. The van der Waals surface area contributed by atoms with Crippen LogP contribution in [0, 0.1) is 0 Å². The lowest BCUT2D eigenvalue weighted by Gasteiger charge is -2.34. The summed E-state index contributed by atoms with van der Waals surface area (Å²) < 4.78 is 26.8. The number of anilines is 1. The largest absolute Gasteiger partial charge is 0.369 e. The molecule has 1 aliphatic heterocycles. The van der Waals surface area contributed by atoms with Crippen LogP contribution in [0.5, 0.6) is 0 Å². The van der Waals surface area contributed by atoms with Gasteiger partial charge in [-0.3, -0.25) is 0 Å². The van der Waals surface area contributed by atoms with Gasteiger partial charge in [0.25, 0.3) is 0 Å². The van der Waals surface area contributed by atoms with Gasteiger partial charge in [-0.05, 0) is 59.0 Å². The van der Waals surface area contributed by atoms with E-state index in [1.54, 1.807) is 40.2 Å². The molecule has 1 aromatic carbocycles. The predicted molar refractivity (Wildman–Crippen MR) is 127 cm³/mol. The molecule has 1 fully saturated rings. The van der Waals surface area contributed by atoms with Crippen molar-refractivity contribution in [1.29, 1.82) is 0 Å². The molecule has 0 radical (unpaired) electrons. The maximum atomic E-state index is 12.6. The smallest absolute Gasteiger partial charge is 0.236 e. The van der Waals surface area contributed by atoms with E-state index in [0.717, 1.165) is 24.4 Å². The number of hydrogen-bond acceptors (Lipinski definition) is 6. The lowest BCUT2D eigenvalue weighted by atomic mass is 10.1. The van der Waals surface area contributed by atoms with Crippen molar-refractivity contribution in [2.45, 2.75) is 19.3 Å².